The molecule has 40 heavy (non-hydrogen) atoms. The highest BCUT2D eigenvalue weighted by Gasteiger charge is 2.27. The minimum atomic E-state index is -0.671. The largest absolute Gasteiger partial charge is 0.496 e. The van der Waals surface area contributed by atoms with Gasteiger partial charge in [0.15, 0.2) is 28.7 Å². The first-order chi connectivity index (χ1) is 19.3. The van der Waals surface area contributed by atoms with Crippen LogP contribution in [0, 0.1) is 0 Å². The lowest BCUT2D eigenvalue weighted by Crippen LogP contribution is -2.11. The van der Waals surface area contributed by atoms with Crippen molar-refractivity contribution in [1.29, 1.82) is 0 Å². The summed E-state index contributed by atoms with van der Waals surface area (Å²) >= 11 is 6.10. The second-order valence-electron chi connectivity index (χ2n) is 8.12. The van der Waals surface area contributed by atoms with Crippen LogP contribution in [0.5, 0.6) is 34.5 Å². The van der Waals surface area contributed by atoms with Gasteiger partial charge in [0.1, 0.15) is 5.75 Å². The smallest absolute Gasteiger partial charge is 0.363 e. The first-order valence-electron chi connectivity index (χ1n) is 12.0. The van der Waals surface area contributed by atoms with E-state index in [9.17, 15) is 9.59 Å². The Morgan fingerprint density at radius 3 is 2.17 bits per heavy atom. The lowest BCUT2D eigenvalue weighted by atomic mass is 10.1. The molecule has 1 heterocycles. The fourth-order valence-corrected chi connectivity index (χ4v) is 4.03. The third-order valence-corrected chi connectivity index (χ3v) is 5.92. The SMILES string of the molecule is CCOc1cc(/C=C2\N=C(c3cc(Cl)ccc3OC)OC2=O)ccc1OC(=O)c1cc(OC)c(OC)c(OC)c1. The summed E-state index contributed by atoms with van der Waals surface area (Å²) in [5.74, 6) is 0.612. The Hall–Kier alpha value is -4.70. The minimum Gasteiger partial charge on any atom is -0.496 e. The van der Waals surface area contributed by atoms with Gasteiger partial charge in [-0.1, -0.05) is 17.7 Å². The van der Waals surface area contributed by atoms with Gasteiger partial charge in [-0.3, -0.25) is 0 Å². The average Bonchev–Trinajstić information content (AvgIpc) is 3.32. The summed E-state index contributed by atoms with van der Waals surface area (Å²) in [6.07, 6.45) is 1.53. The van der Waals surface area contributed by atoms with Gasteiger partial charge < -0.3 is 33.2 Å². The van der Waals surface area contributed by atoms with Crippen LogP contribution in [0.1, 0.15) is 28.4 Å². The topological polar surface area (TPSA) is 111 Å². The molecule has 11 heteroatoms. The van der Waals surface area contributed by atoms with Crippen LogP contribution in [0.3, 0.4) is 0 Å². The maximum atomic E-state index is 13.0. The van der Waals surface area contributed by atoms with Gasteiger partial charge in [0.25, 0.3) is 0 Å². The number of halogens is 1. The number of carbonyl (C=O) groups is 2. The summed E-state index contributed by atoms with van der Waals surface area (Å²) in [4.78, 5) is 29.9. The zero-order valence-corrected chi connectivity index (χ0v) is 23.2. The van der Waals surface area contributed by atoms with Crippen molar-refractivity contribution in [3.8, 4) is 34.5 Å². The van der Waals surface area contributed by atoms with E-state index in [-0.39, 0.29) is 28.7 Å². The van der Waals surface area contributed by atoms with Gasteiger partial charge >= 0.3 is 11.9 Å². The number of esters is 2. The average molecular weight is 568 g/mol. The highest BCUT2D eigenvalue weighted by atomic mass is 35.5. The minimum absolute atomic E-state index is 0.0571. The fraction of sp³-hybridized carbons (Fsp3) is 0.207. The molecule has 1 aliphatic rings. The first kappa shape index (κ1) is 28.3. The van der Waals surface area contributed by atoms with Crippen LogP contribution in [-0.4, -0.2) is 52.9 Å². The molecule has 0 aromatic heterocycles. The molecule has 0 aliphatic carbocycles. The van der Waals surface area contributed by atoms with Crippen molar-refractivity contribution in [1.82, 2.24) is 0 Å². The number of ether oxygens (including phenoxy) is 7. The summed E-state index contributed by atoms with van der Waals surface area (Å²) in [5.41, 5.74) is 1.23. The molecule has 0 N–H and O–H groups in total. The molecule has 0 fully saturated rings. The lowest BCUT2D eigenvalue weighted by molar-refractivity contribution is -0.129. The molecule has 3 aromatic rings. The standard InChI is InChI=1S/C29H26ClNO9/c1-6-38-23-12-16(11-20-29(33)40-27(31-20)19-15-18(30)8-10-21(19)34-2)7-9-22(23)39-28(32)17-13-24(35-3)26(37-5)25(14-17)36-4/h7-15H,6H2,1-5H3/b20-11-. The van der Waals surface area contributed by atoms with E-state index in [1.807, 2.05) is 0 Å². The zero-order valence-electron chi connectivity index (χ0n) is 22.4. The van der Waals surface area contributed by atoms with E-state index in [2.05, 4.69) is 4.99 Å². The summed E-state index contributed by atoms with van der Waals surface area (Å²) in [5, 5.41) is 0.435. The van der Waals surface area contributed by atoms with Crippen LogP contribution in [0.25, 0.3) is 6.08 Å². The van der Waals surface area contributed by atoms with Crippen molar-refractivity contribution in [2.75, 3.05) is 35.0 Å². The Morgan fingerprint density at radius 2 is 1.55 bits per heavy atom. The summed E-state index contributed by atoms with van der Waals surface area (Å²) in [6, 6.07) is 12.7. The molecular formula is C29H26ClNO9. The lowest BCUT2D eigenvalue weighted by Gasteiger charge is -2.15. The molecule has 0 spiro atoms. The van der Waals surface area contributed by atoms with Gasteiger partial charge in [-0.2, -0.15) is 0 Å². The zero-order chi connectivity index (χ0) is 28.8. The molecule has 0 saturated carbocycles. The predicted molar refractivity (Wildman–Crippen MR) is 147 cm³/mol. The molecule has 0 saturated heterocycles. The quantitative estimate of drug-likeness (QED) is 0.182. The number of methoxy groups -OCH3 is 4. The number of benzene rings is 3. The molecule has 1 aliphatic heterocycles. The van der Waals surface area contributed by atoms with Gasteiger partial charge in [0, 0.05) is 5.02 Å². The molecule has 0 amide bonds. The number of rotatable bonds is 10. The van der Waals surface area contributed by atoms with Crippen LogP contribution < -0.4 is 28.4 Å². The van der Waals surface area contributed by atoms with Crippen molar-refractivity contribution in [3.63, 3.8) is 0 Å². The van der Waals surface area contributed by atoms with Crippen molar-refractivity contribution in [2.45, 2.75) is 6.92 Å². The van der Waals surface area contributed by atoms with Crippen molar-refractivity contribution < 1.29 is 42.7 Å². The first-order valence-corrected chi connectivity index (χ1v) is 12.3. The molecule has 4 rings (SSSR count). The molecular weight excluding hydrogens is 542 g/mol. The summed E-state index contributed by atoms with van der Waals surface area (Å²) < 4.78 is 38.0. The molecule has 0 bridgehead atoms. The number of carbonyl (C=O) groups excluding carboxylic acids is 2. The van der Waals surface area contributed by atoms with Gasteiger partial charge in [0.05, 0.1) is 46.2 Å². The second kappa shape index (κ2) is 12.4. The van der Waals surface area contributed by atoms with Crippen LogP contribution in [-0.2, 0) is 9.53 Å². The third kappa shape index (κ3) is 5.97. The van der Waals surface area contributed by atoms with Gasteiger partial charge in [0.2, 0.25) is 11.6 Å². The highest BCUT2D eigenvalue weighted by molar-refractivity contribution is 6.31. The van der Waals surface area contributed by atoms with Crippen LogP contribution in [0.2, 0.25) is 5.02 Å². The van der Waals surface area contributed by atoms with Crippen molar-refractivity contribution in [2.24, 2.45) is 4.99 Å². The maximum Gasteiger partial charge on any atom is 0.363 e. The third-order valence-electron chi connectivity index (χ3n) is 5.69. The Morgan fingerprint density at radius 1 is 0.875 bits per heavy atom. The van der Waals surface area contributed by atoms with Gasteiger partial charge in [-0.25, -0.2) is 14.6 Å². The van der Waals surface area contributed by atoms with Crippen molar-refractivity contribution in [3.05, 3.63) is 75.9 Å². The second-order valence-corrected chi connectivity index (χ2v) is 8.56. The normalized spacial score (nSPS) is 13.4. The number of hydrogen-bond acceptors (Lipinski definition) is 10. The van der Waals surface area contributed by atoms with E-state index in [0.717, 1.165) is 0 Å². The Labute approximate surface area is 235 Å². The summed E-state index contributed by atoms with van der Waals surface area (Å²) in [6.45, 7) is 2.09. The number of cyclic esters (lactones) is 1. The van der Waals surface area contributed by atoms with Gasteiger partial charge in [-0.15, -0.1) is 0 Å². The predicted octanol–water partition coefficient (Wildman–Crippen LogP) is 5.34. The molecule has 10 nitrogen and oxygen atoms in total. The van der Waals surface area contributed by atoms with E-state index in [1.165, 1.54) is 46.6 Å². The van der Waals surface area contributed by atoms with Crippen LogP contribution in [0.4, 0.5) is 0 Å². The number of nitrogens with zero attached hydrogens (tertiary/aromatic N) is 1. The van der Waals surface area contributed by atoms with Gasteiger partial charge in [-0.05, 0) is 61.0 Å². The molecule has 0 radical (unpaired) electrons. The highest BCUT2D eigenvalue weighted by Crippen LogP contribution is 2.39. The number of hydrogen-bond donors (Lipinski definition) is 0. The van der Waals surface area contributed by atoms with E-state index < -0.39 is 11.9 Å². The molecule has 0 atom stereocenters. The molecule has 208 valence electrons. The van der Waals surface area contributed by atoms with E-state index in [4.69, 9.17) is 44.8 Å². The number of aliphatic imine (C=N–C) groups is 1. The van der Waals surface area contributed by atoms with E-state index in [0.29, 0.717) is 45.8 Å². The Balaban J connectivity index is 1.63. The van der Waals surface area contributed by atoms with E-state index >= 15 is 0 Å². The molecule has 0 unspecified atom stereocenters. The Bertz CT molecular complexity index is 1490. The van der Waals surface area contributed by atoms with Crippen molar-refractivity contribution >= 4 is 35.5 Å². The fourth-order valence-electron chi connectivity index (χ4n) is 3.85. The monoisotopic (exact) mass is 567 g/mol. The summed E-state index contributed by atoms with van der Waals surface area (Å²) in [7, 11) is 5.86. The Kier molecular flexibility index (Phi) is 8.80. The molecule has 3 aromatic carbocycles. The maximum absolute atomic E-state index is 13.0. The van der Waals surface area contributed by atoms with Crippen LogP contribution >= 0.6 is 11.6 Å². The van der Waals surface area contributed by atoms with Crippen LogP contribution in [0.15, 0.2) is 59.2 Å². The van der Waals surface area contributed by atoms with E-state index in [1.54, 1.807) is 43.3 Å².